The van der Waals surface area contributed by atoms with Gasteiger partial charge in [-0.1, -0.05) is 30.3 Å². The molecule has 3 aromatic carbocycles. The minimum atomic E-state index is -6.19. The number of fused-ring (bicyclic) bond motifs is 1. The number of imidazole rings is 1. The van der Waals surface area contributed by atoms with Crippen LogP contribution in [0.25, 0.3) is 11.2 Å². The molecule has 3 heterocycles. The highest BCUT2D eigenvalue weighted by atomic mass is 31.3. The third kappa shape index (κ3) is 11.0. The number of nitrogens with zero attached hydrogens (tertiary/aromatic N) is 4. The van der Waals surface area contributed by atoms with Crippen molar-refractivity contribution in [3.8, 4) is 0 Å². The molecular formula is C31H27F2N7O14P3-3. The highest BCUT2D eigenvalue weighted by molar-refractivity contribution is 7.66. The van der Waals surface area contributed by atoms with E-state index in [-0.39, 0.29) is 33.9 Å². The maximum absolute atomic E-state index is 13.5. The second-order valence-corrected chi connectivity index (χ2v) is 16.7. The fourth-order valence-corrected chi connectivity index (χ4v) is 9.31. The zero-order valence-electron chi connectivity index (χ0n) is 28.6. The molecule has 4 unspecified atom stereocenters. The van der Waals surface area contributed by atoms with Gasteiger partial charge in [-0.25, -0.2) is 37.6 Å². The molecule has 1 aliphatic heterocycles. The van der Waals surface area contributed by atoms with Crippen LogP contribution in [0.3, 0.4) is 0 Å². The van der Waals surface area contributed by atoms with Crippen molar-refractivity contribution in [3.05, 3.63) is 109 Å². The third-order valence-electron chi connectivity index (χ3n) is 7.65. The molecule has 0 aliphatic carbocycles. The van der Waals surface area contributed by atoms with Crippen molar-refractivity contribution in [2.45, 2.75) is 30.7 Å². The first-order valence-corrected chi connectivity index (χ1v) is 20.7. The van der Waals surface area contributed by atoms with Crippen LogP contribution in [0, 0.1) is 11.6 Å². The Morgan fingerprint density at radius 3 is 1.96 bits per heavy atom. The highest BCUT2D eigenvalue weighted by Crippen LogP contribution is 2.63. The number of carbonyl (C=O) groups is 2. The summed E-state index contributed by atoms with van der Waals surface area (Å²) in [6.45, 7) is -1.24. The van der Waals surface area contributed by atoms with Gasteiger partial charge in [0.25, 0.3) is 15.6 Å². The molecule has 0 bridgehead atoms. The van der Waals surface area contributed by atoms with Crippen LogP contribution in [0.1, 0.15) is 11.8 Å². The Bertz CT molecular complexity index is 2380. The van der Waals surface area contributed by atoms with E-state index in [0.29, 0.717) is 0 Å². The minimum Gasteiger partial charge on any atom is -0.778 e. The van der Waals surface area contributed by atoms with E-state index in [0.717, 1.165) is 41.5 Å². The van der Waals surface area contributed by atoms with Gasteiger partial charge in [-0.15, -0.1) is 0 Å². The maximum Gasteiger partial charge on any atom is 0.412 e. The number of ether oxygens (including phenoxy) is 3. The number of phosphoric ester groups is 1. The molecule has 57 heavy (non-hydrogen) atoms. The van der Waals surface area contributed by atoms with Gasteiger partial charge in [-0.3, -0.25) is 28.6 Å². The van der Waals surface area contributed by atoms with Crippen LogP contribution >= 0.6 is 23.2 Å². The van der Waals surface area contributed by atoms with Crippen LogP contribution in [0.2, 0.25) is 0 Å². The molecule has 4 N–H and O–H groups in total. The van der Waals surface area contributed by atoms with E-state index >= 15 is 0 Å². The summed E-state index contributed by atoms with van der Waals surface area (Å²) in [7, 11) is -17.6. The largest absolute Gasteiger partial charge is 0.778 e. The number of nitrogens with two attached hydrogens (primary N) is 1. The van der Waals surface area contributed by atoms with E-state index < -0.39 is 84.4 Å². The summed E-state index contributed by atoms with van der Waals surface area (Å²) in [6.07, 6.45) is -8.29. The number of phosphoric acid groups is 2. The minimum absolute atomic E-state index is 0.0176. The van der Waals surface area contributed by atoms with Crippen molar-refractivity contribution < 1.29 is 74.1 Å². The number of hydrogen-bond donors (Lipinski definition) is 3. The molecular weight excluding hydrogens is 825 g/mol. The second kappa shape index (κ2) is 17.1. The molecule has 2 aromatic heterocycles. The summed E-state index contributed by atoms with van der Waals surface area (Å²) in [5, 5.41) is 4.64. The van der Waals surface area contributed by atoms with Crippen molar-refractivity contribution in [3.63, 3.8) is 0 Å². The first kappa shape index (κ1) is 41.5. The van der Waals surface area contributed by atoms with Crippen molar-refractivity contribution >= 4 is 63.8 Å². The van der Waals surface area contributed by atoms with Crippen LogP contribution in [0.15, 0.2) is 91.5 Å². The number of benzene rings is 3. The lowest BCUT2D eigenvalue weighted by Crippen LogP contribution is -2.42. The lowest BCUT2D eigenvalue weighted by Gasteiger charge is -2.35. The van der Waals surface area contributed by atoms with E-state index in [1.54, 1.807) is 6.07 Å². The van der Waals surface area contributed by atoms with E-state index in [9.17, 15) is 46.7 Å². The first-order valence-electron chi connectivity index (χ1n) is 16.0. The lowest BCUT2D eigenvalue weighted by molar-refractivity contribution is -0.246. The Morgan fingerprint density at radius 1 is 0.789 bits per heavy atom. The van der Waals surface area contributed by atoms with E-state index in [4.69, 9.17) is 24.5 Å². The van der Waals surface area contributed by atoms with Gasteiger partial charge < -0.3 is 43.7 Å². The summed E-state index contributed by atoms with van der Waals surface area (Å²) >= 11 is 0. The number of anilines is 3. The number of rotatable bonds is 14. The van der Waals surface area contributed by atoms with Crippen molar-refractivity contribution in [2.24, 2.45) is 0 Å². The molecule has 0 radical (unpaired) electrons. The van der Waals surface area contributed by atoms with E-state index in [1.807, 2.05) is 0 Å². The van der Waals surface area contributed by atoms with E-state index in [2.05, 4.69) is 34.2 Å². The average molecular weight is 853 g/mol. The quantitative estimate of drug-likeness (QED) is 0.134. The van der Waals surface area contributed by atoms with Crippen LogP contribution < -0.4 is 31.0 Å². The molecule has 2 amide bonds. The van der Waals surface area contributed by atoms with Gasteiger partial charge >= 0.3 is 12.2 Å². The Labute approximate surface area is 319 Å². The number of aromatic nitrogens is 4. The standard InChI is InChI=1S/C31H30F2N7O14P3/c32-19-6-10-21(11-7-19)38-30(41)51-25-23(14-49-56(45,46)54-57(47,48)53-55(43,44)15-18-4-2-1-3-5-18)50-29(40-17-37-24-27(34)35-16-36-28(24)40)26(25)52-31(42)39-22-12-8-20(33)9-13-22/h1-13,16-17,23,25-26,29H,14-15H2,(H,38,41)(H,39,42)(H,43,44)(H,45,46)(H,47,48)(H2,34,35,36)/p-3/t23-,25+,26?,29-/m1/s1. The second-order valence-electron chi connectivity index (χ2n) is 11.8. The van der Waals surface area contributed by atoms with E-state index in [1.165, 1.54) is 48.5 Å². The number of nitrogen functional groups attached to an aromatic ring is 1. The molecule has 5 aromatic rings. The van der Waals surface area contributed by atoms with Gasteiger partial charge in [-0.05, 0) is 54.1 Å². The predicted molar refractivity (Wildman–Crippen MR) is 185 cm³/mol. The van der Waals surface area contributed by atoms with Gasteiger partial charge in [0.2, 0.25) is 0 Å². The molecule has 21 nitrogen and oxygen atoms in total. The predicted octanol–water partition coefficient (Wildman–Crippen LogP) is 3.56. The molecule has 26 heteroatoms. The highest BCUT2D eigenvalue weighted by Gasteiger charge is 2.52. The molecule has 0 spiro atoms. The summed E-state index contributed by atoms with van der Waals surface area (Å²) in [4.78, 5) is 76.2. The molecule has 0 saturated carbocycles. The van der Waals surface area contributed by atoms with Gasteiger partial charge in [0.1, 0.15) is 37.2 Å². The lowest BCUT2D eigenvalue weighted by atomic mass is 10.1. The number of hydrogen-bond acceptors (Lipinski definition) is 18. The molecule has 1 aliphatic rings. The smallest absolute Gasteiger partial charge is 0.412 e. The van der Waals surface area contributed by atoms with Crippen LogP contribution in [0.4, 0.5) is 35.6 Å². The van der Waals surface area contributed by atoms with Gasteiger partial charge in [0, 0.05) is 17.5 Å². The summed E-state index contributed by atoms with van der Waals surface area (Å²) in [6, 6.07) is 16.0. The molecule has 302 valence electrons. The fraction of sp³-hybridized carbons (Fsp3) is 0.194. The number of carbonyl (C=O) groups excluding carboxylic acids is 2. The molecule has 1 fully saturated rings. The van der Waals surface area contributed by atoms with Crippen molar-refractivity contribution in [2.75, 3.05) is 23.0 Å². The Morgan fingerprint density at radius 2 is 1.37 bits per heavy atom. The van der Waals surface area contributed by atoms with Crippen LogP contribution in [-0.2, 0) is 47.2 Å². The molecule has 1 saturated heterocycles. The van der Waals surface area contributed by atoms with Crippen molar-refractivity contribution in [1.82, 2.24) is 19.5 Å². The Hall–Kier alpha value is -5.18. The monoisotopic (exact) mass is 852 g/mol. The number of halogens is 2. The van der Waals surface area contributed by atoms with Crippen LogP contribution in [-0.4, -0.2) is 56.6 Å². The topological polar surface area (TPSA) is 304 Å². The maximum atomic E-state index is 13.5. The average Bonchev–Trinajstić information content (AvgIpc) is 3.70. The summed E-state index contributed by atoms with van der Waals surface area (Å²) in [5.74, 6) is -1.35. The summed E-state index contributed by atoms with van der Waals surface area (Å²) in [5.41, 5.74) is 6.13. The zero-order valence-corrected chi connectivity index (χ0v) is 31.2. The zero-order chi connectivity index (χ0) is 41.0. The Balaban J connectivity index is 1.27. The van der Waals surface area contributed by atoms with Crippen LogP contribution in [0.5, 0.6) is 0 Å². The molecule has 7 atom stereocenters. The van der Waals surface area contributed by atoms with Gasteiger partial charge in [0.15, 0.2) is 29.9 Å². The Kier molecular flexibility index (Phi) is 12.5. The van der Waals surface area contributed by atoms with Gasteiger partial charge in [0.05, 0.1) is 12.9 Å². The molecule has 6 rings (SSSR count). The number of nitrogens with one attached hydrogen (secondary N) is 2. The summed E-state index contributed by atoms with van der Waals surface area (Å²) < 4.78 is 95.9. The van der Waals surface area contributed by atoms with Gasteiger partial charge in [-0.2, -0.15) is 0 Å². The SMILES string of the molecule is Nc1ncnc2c1ncn2[C@@H]1O[C@H](COP(=O)([O-])OP(=O)([O-])OP(=O)([O-])Cc2ccccc2)[C@H](OC(=O)Nc2ccc(F)cc2)C1OC(=O)Nc1ccc(F)cc1. The van der Waals surface area contributed by atoms with Crippen molar-refractivity contribution in [1.29, 1.82) is 0 Å². The number of amides is 2. The first-order chi connectivity index (χ1) is 27.0. The fourth-order valence-electron chi connectivity index (χ4n) is 5.31. The third-order valence-corrected chi connectivity index (χ3v) is 12.3. The normalized spacial score (nSPS) is 21.1.